The van der Waals surface area contributed by atoms with Gasteiger partial charge in [-0.1, -0.05) is 12.1 Å². The van der Waals surface area contributed by atoms with E-state index in [1.165, 1.54) is 11.3 Å². The molecule has 0 aliphatic carbocycles. The summed E-state index contributed by atoms with van der Waals surface area (Å²) in [5.74, 6) is 0.0837. The van der Waals surface area contributed by atoms with E-state index in [9.17, 15) is 9.90 Å². The van der Waals surface area contributed by atoms with Crippen LogP contribution in [0.1, 0.15) is 11.3 Å². The highest BCUT2D eigenvalue weighted by molar-refractivity contribution is 7.07. The second-order valence-electron chi connectivity index (χ2n) is 4.65. The first-order valence-electron chi connectivity index (χ1n) is 6.22. The van der Waals surface area contributed by atoms with Crippen LogP contribution in [0.25, 0.3) is 0 Å². The van der Waals surface area contributed by atoms with Crippen molar-refractivity contribution >= 4 is 17.2 Å². The van der Waals surface area contributed by atoms with Gasteiger partial charge in [0.2, 0.25) is 5.91 Å². The molecule has 1 aromatic heterocycles. The molecule has 0 aliphatic rings. The van der Waals surface area contributed by atoms with Crippen LogP contribution in [0.2, 0.25) is 0 Å². The van der Waals surface area contributed by atoms with E-state index >= 15 is 0 Å². The highest BCUT2D eigenvalue weighted by Crippen LogP contribution is 2.12. The van der Waals surface area contributed by atoms with Gasteiger partial charge in [0.1, 0.15) is 5.75 Å². The Hall–Kier alpha value is -1.92. The molecular formula is C14H17N3O2S. The predicted octanol–water partition coefficient (Wildman–Crippen LogP) is 1.38. The fraction of sp³-hybridized carbons (Fsp3) is 0.286. The van der Waals surface area contributed by atoms with Crippen molar-refractivity contribution in [1.82, 2.24) is 9.88 Å². The van der Waals surface area contributed by atoms with Crippen molar-refractivity contribution < 1.29 is 9.90 Å². The van der Waals surface area contributed by atoms with Crippen molar-refractivity contribution in [3.63, 3.8) is 0 Å². The van der Waals surface area contributed by atoms with Gasteiger partial charge in [0.15, 0.2) is 0 Å². The number of benzene rings is 1. The molecule has 1 heterocycles. The Morgan fingerprint density at radius 3 is 2.75 bits per heavy atom. The lowest BCUT2D eigenvalue weighted by Crippen LogP contribution is -2.42. The van der Waals surface area contributed by atoms with Crippen molar-refractivity contribution in [1.29, 1.82) is 0 Å². The minimum atomic E-state index is -0.594. The zero-order valence-electron chi connectivity index (χ0n) is 11.2. The average molecular weight is 291 g/mol. The molecule has 0 aliphatic heterocycles. The summed E-state index contributed by atoms with van der Waals surface area (Å²) in [7, 11) is 1.72. The van der Waals surface area contributed by atoms with Crippen LogP contribution in [0.15, 0.2) is 35.2 Å². The van der Waals surface area contributed by atoms with E-state index < -0.39 is 6.04 Å². The molecular weight excluding hydrogens is 274 g/mol. The standard InChI is InChI=1S/C14H17N3O2S/c1-17(7-11-8-20-9-16-11)14(19)13(15)6-10-2-4-12(18)5-3-10/h2-5,8-9,13,18H,6-7,15H2,1H3. The van der Waals surface area contributed by atoms with Crippen LogP contribution >= 0.6 is 11.3 Å². The topological polar surface area (TPSA) is 79.5 Å². The Balaban J connectivity index is 1.92. The maximum atomic E-state index is 12.2. The molecule has 0 bridgehead atoms. The Bertz CT molecular complexity index is 554. The summed E-state index contributed by atoms with van der Waals surface area (Å²) in [6.07, 6.45) is 0.445. The Morgan fingerprint density at radius 2 is 2.15 bits per heavy atom. The number of hydrogen-bond donors (Lipinski definition) is 2. The minimum Gasteiger partial charge on any atom is -0.508 e. The van der Waals surface area contributed by atoms with Gasteiger partial charge < -0.3 is 15.7 Å². The molecule has 1 unspecified atom stereocenters. The van der Waals surface area contributed by atoms with Crippen molar-refractivity contribution in [2.24, 2.45) is 5.73 Å². The van der Waals surface area contributed by atoms with Crippen LogP contribution in [-0.2, 0) is 17.8 Å². The number of phenolic OH excluding ortho intramolecular Hbond substituents is 1. The first-order valence-corrected chi connectivity index (χ1v) is 7.16. The minimum absolute atomic E-state index is 0.119. The summed E-state index contributed by atoms with van der Waals surface area (Å²) < 4.78 is 0. The van der Waals surface area contributed by atoms with E-state index in [1.807, 2.05) is 5.38 Å². The molecule has 0 radical (unpaired) electrons. The lowest BCUT2D eigenvalue weighted by molar-refractivity contribution is -0.131. The van der Waals surface area contributed by atoms with Gasteiger partial charge in [-0.15, -0.1) is 11.3 Å². The monoisotopic (exact) mass is 291 g/mol. The first-order chi connectivity index (χ1) is 9.56. The van der Waals surface area contributed by atoms with E-state index in [-0.39, 0.29) is 11.7 Å². The number of nitrogens with zero attached hydrogens (tertiary/aromatic N) is 2. The van der Waals surface area contributed by atoms with Gasteiger partial charge in [-0.2, -0.15) is 0 Å². The maximum Gasteiger partial charge on any atom is 0.239 e. The number of carbonyl (C=O) groups excluding carboxylic acids is 1. The number of aromatic nitrogens is 1. The number of amides is 1. The van der Waals surface area contributed by atoms with E-state index in [0.717, 1.165) is 11.3 Å². The number of phenols is 1. The number of likely N-dealkylation sites (N-methyl/N-ethyl adjacent to an activating group) is 1. The Morgan fingerprint density at radius 1 is 1.45 bits per heavy atom. The third-order valence-electron chi connectivity index (χ3n) is 2.97. The van der Waals surface area contributed by atoms with Crippen molar-refractivity contribution in [2.75, 3.05) is 7.05 Å². The quantitative estimate of drug-likeness (QED) is 0.872. The molecule has 2 aromatic rings. The third kappa shape index (κ3) is 3.79. The molecule has 0 spiro atoms. The smallest absolute Gasteiger partial charge is 0.239 e. The zero-order valence-corrected chi connectivity index (χ0v) is 12.0. The summed E-state index contributed by atoms with van der Waals surface area (Å²) in [6, 6.07) is 6.12. The van der Waals surface area contributed by atoms with Gasteiger partial charge in [-0.3, -0.25) is 4.79 Å². The maximum absolute atomic E-state index is 12.2. The molecule has 106 valence electrons. The number of aromatic hydroxyl groups is 1. The van der Waals surface area contributed by atoms with Gasteiger partial charge in [-0.25, -0.2) is 4.98 Å². The Kier molecular flexibility index (Phi) is 4.70. The lowest BCUT2D eigenvalue weighted by atomic mass is 10.1. The normalized spacial score (nSPS) is 12.1. The molecule has 0 fully saturated rings. The van der Waals surface area contributed by atoms with Crippen molar-refractivity contribution in [3.8, 4) is 5.75 Å². The van der Waals surface area contributed by atoms with E-state index in [2.05, 4.69) is 4.98 Å². The summed E-state index contributed by atoms with van der Waals surface area (Å²) >= 11 is 1.50. The largest absolute Gasteiger partial charge is 0.508 e. The van der Waals surface area contributed by atoms with E-state index in [4.69, 9.17) is 5.73 Å². The summed E-state index contributed by atoms with van der Waals surface area (Å²) in [5.41, 5.74) is 9.47. The van der Waals surface area contributed by atoms with Gasteiger partial charge in [-0.05, 0) is 24.1 Å². The number of rotatable bonds is 5. The molecule has 0 saturated carbocycles. The zero-order chi connectivity index (χ0) is 14.5. The van der Waals surface area contributed by atoms with Crippen molar-refractivity contribution in [2.45, 2.75) is 19.0 Å². The molecule has 1 atom stereocenters. The number of carbonyl (C=O) groups is 1. The van der Waals surface area contributed by atoms with Crippen molar-refractivity contribution in [3.05, 3.63) is 46.4 Å². The number of hydrogen-bond acceptors (Lipinski definition) is 5. The van der Waals surface area contributed by atoms with Crippen LogP contribution < -0.4 is 5.73 Å². The van der Waals surface area contributed by atoms with Crippen LogP contribution in [0, 0.1) is 0 Å². The highest BCUT2D eigenvalue weighted by Gasteiger charge is 2.19. The average Bonchev–Trinajstić information content (AvgIpc) is 2.93. The molecule has 2 rings (SSSR count). The van der Waals surface area contributed by atoms with Crippen LogP contribution in [-0.4, -0.2) is 34.0 Å². The Labute approximate surface area is 121 Å². The molecule has 20 heavy (non-hydrogen) atoms. The summed E-state index contributed by atoms with van der Waals surface area (Å²) in [4.78, 5) is 17.9. The molecule has 1 amide bonds. The second-order valence-corrected chi connectivity index (χ2v) is 5.37. The highest BCUT2D eigenvalue weighted by atomic mass is 32.1. The van der Waals surface area contributed by atoms with Crippen LogP contribution in [0.3, 0.4) is 0 Å². The summed E-state index contributed by atoms with van der Waals surface area (Å²) in [6.45, 7) is 0.464. The molecule has 6 heteroatoms. The fourth-order valence-corrected chi connectivity index (χ4v) is 2.44. The molecule has 0 saturated heterocycles. The number of thiazole rings is 1. The third-order valence-corrected chi connectivity index (χ3v) is 3.60. The van der Waals surface area contributed by atoms with E-state index in [0.29, 0.717) is 13.0 Å². The van der Waals surface area contributed by atoms with Gasteiger partial charge in [0.25, 0.3) is 0 Å². The molecule has 5 nitrogen and oxygen atoms in total. The summed E-state index contributed by atoms with van der Waals surface area (Å²) in [5, 5.41) is 11.1. The van der Waals surface area contributed by atoms with Crippen LogP contribution in [0.4, 0.5) is 0 Å². The SMILES string of the molecule is CN(Cc1cscn1)C(=O)C(N)Cc1ccc(O)cc1. The van der Waals surface area contributed by atoms with E-state index in [1.54, 1.807) is 41.7 Å². The van der Waals surface area contributed by atoms with Crippen LogP contribution in [0.5, 0.6) is 5.75 Å². The second kappa shape index (κ2) is 6.49. The predicted molar refractivity (Wildman–Crippen MR) is 78.4 cm³/mol. The van der Waals surface area contributed by atoms with Gasteiger partial charge in [0.05, 0.1) is 23.8 Å². The lowest BCUT2D eigenvalue weighted by Gasteiger charge is -2.20. The number of nitrogens with two attached hydrogens (primary N) is 1. The van der Waals surface area contributed by atoms with Gasteiger partial charge >= 0.3 is 0 Å². The first kappa shape index (κ1) is 14.5. The molecule has 3 N–H and O–H groups in total. The van der Waals surface area contributed by atoms with Gasteiger partial charge in [0, 0.05) is 12.4 Å². The molecule has 1 aromatic carbocycles. The fourth-order valence-electron chi connectivity index (χ4n) is 1.89.